The lowest BCUT2D eigenvalue weighted by molar-refractivity contribution is -0.139. The second kappa shape index (κ2) is 11.5. The van der Waals surface area contributed by atoms with Gasteiger partial charge in [-0.15, -0.1) is 0 Å². The summed E-state index contributed by atoms with van der Waals surface area (Å²) in [5, 5.41) is 3.31. The van der Waals surface area contributed by atoms with Crippen molar-refractivity contribution < 1.29 is 18.0 Å². The largest absolute Gasteiger partial charge is 0.352 e. The molecular formula is C23H31ClN4O4S. The van der Waals surface area contributed by atoms with Gasteiger partial charge < -0.3 is 10.2 Å². The first-order valence-electron chi connectivity index (χ1n) is 10.5. The molecule has 10 heteroatoms. The van der Waals surface area contributed by atoms with Crippen molar-refractivity contribution in [3.63, 3.8) is 0 Å². The van der Waals surface area contributed by atoms with Gasteiger partial charge in [0.25, 0.3) is 0 Å². The molecule has 0 radical (unpaired) electrons. The Balaban J connectivity index is 2.43. The van der Waals surface area contributed by atoms with Crippen LogP contribution in [-0.4, -0.2) is 62.2 Å². The van der Waals surface area contributed by atoms with Crippen molar-refractivity contribution in [3.8, 4) is 0 Å². The average Bonchev–Trinajstić information content (AvgIpc) is 2.75. The molecule has 0 unspecified atom stereocenters. The van der Waals surface area contributed by atoms with Gasteiger partial charge in [0, 0.05) is 31.7 Å². The predicted molar refractivity (Wildman–Crippen MR) is 131 cm³/mol. The summed E-state index contributed by atoms with van der Waals surface area (Å²) in [5.74, 6) is -0.849. The van der Waals surface area contributed by atoms with Gasteiger partial charge in [-0.2, -0.15) is 12.7 Å². The van der Waals surface area contributed by atoms with E-state index in [9.17, 15) is 18.0 Å². The number of rotatable bonds is 10. The number of amides is 2. The maximum Gasteiger partial charge on any atom is 0.304 e. The molecule has 0 heterocycles. The monoisotopic (exact) mass is 494 g/mol. The maximum atomic E-state index is 13.5. The fraction of sp³-hybridized carbons (Fsp3) is 0.391. The Morgan fingerprint density at radius 1 is 1.00 bits per heavy atom. The summed E-state index contributed by atoms with van der Waals surface area (Å²) >= 11 is 6.10. The third-order valence-corrected chi connectivity index (χ3v) is 6.96. The zero-order valence-electron chi connectivity index (χ0n) is 19.5. The van der Waals surface area contributed by atoms with Crippen molar-refractivity contribution in [3.05, 3.63) is 65.2 Å². The normalized spacial score (nSPS) is 12.5. The Hall–Kier alpha value is -2.62. The highest BCUT2D eigenvalue weighted by Crippen LogP contribution is 2.21. The zero-order valence-corrected chi connectivity index (χ0v) is 21.1. The van der Waals surface area contributed by atoms with Crippen LogP contribution in [0.2, 0.25) is 5.02 Å². The molecule has 0 aliphatic carbocycles. The van der Waals surface area contributed by atoms with Crippen LogP contribution in [-0.2, 0) is 26.3 Å². The summed E-state index contributed by atoms with van der Waals surface area (Å²) in [5.41, 5.74) is 1.07. The molecule has 33 heavy (non-hydrogen) atoms. The van der Waals surface area contributed by atoms with Crippen LogP contribution in [0, 0.1) is 0 Å². The number of benzene rings is 2. The highest BCUT2D eigenvalue weighted by Gasteiger charge is 2.32. The standard InChI is InChI=1S/C23H31ClN4O4S/c1-17(2)25-23(30)18(3)27(15-19-10-9-11-20(24)14-19)22(29)16-28(33(31,32)26(4)5)21-12-7-6-8-13-21/h6-14,17-18H,15-16H2,1-5H3,(H,25,30)/t18-/m1/s1. The number of nitrogens with zero attached hydrogens (tertiary/aromatic N) is 3. The van der Waals surface area contributed by atoms with E-state index in [4.69, 9.17) is 11.6 Å². The minimum atomic E-state index is -3.97. The summed E-state index contributed by atoms with van der Waals surface area (Å²) in [6.07, 6.45) is 0. The van der Waals surface area contributed by atoms with Gasteiger partial charge in [0.1, 0.15) is 12.6 Å². The van der Waals surface area contributed by atoms with Crippen LogP contribution in [0.25, 0.3) is 0 Å². The fourth-order valence-electron chi connectivity index (χ4n) is 3.13. The lowest BCUT2D eigenvalue weighted by Crippen LogP contribution is -2.53. The number of halogens is 1. The van der Waals surface area contributed by atoms with Gasteiger partial charge >= 0.3 is 10.2 Å². The lowest BCUT2D eigenvalue weighted by atomic mass is 10.1. The molecule has 0 fully saturated rings. The van der Waals surface area contributed by atoms with Crippen LogP contribution in [0.3, 0.4) is 0 Å². The molecule has 2 amide bonds. The molecule has 1 N–H and O–H groups in total. The number of hydrogen-bond donors (Lipinski definition) is 1. The Kier molecular flexibility index (Phi) is 9.27. The predicted octanol–water partition coefficient (Wildman–Crippen LogP) is 2.89. The van der Waals surface area contributed by atoms with Crippen molar-refractivity contribution in [2.75, 3.05) is 24.9 Å². The van der Waals surface area contributed by atoms with Crippen LogP contribution in [0.4, 0.5) is 5.69 Å². The van der Waals surface area contributed by atoms with Crippen LogP contribution in [0.5, 0.6) is 0 Å². The number of carbonyl (C=O) groups excluding carboxylic acids is 2. The van der Waals surface area contributed by atoms with Crippen LogP contribution in [0.15, 0.2) is 54.6 Å². The van der Waals surface area contributed by atoms with Crippen molar-refractivity contribution in [1.82, 2.24) is 14.5 Å². The van der Waals surface area contributed by atoms with Crippen LogP contribution >= 0.6 is 11.6 Å². The van der Waals surface area contributed by atoms with E-state index in [2.05, 4.69) is 5.32 Å². The summed E-state index contributed by atoms with van der Waals surface area (Å²) in [6, 6.07) is 14.4. The molecule has 0 saturated carbocycles. The molecule has 0 spiro atoms. The molecule has 1 atom stereocenters. The number of para-hydroxylation sites is 1. The van der Waals surface area contributed by atoms with Crippen molar-refractivity contribution in [2.24, 2.45) is 0 Å². The van der Waals surface area contributed by atoms with Gasteiger partial charge in [-0.05, 0) is 50.6 Å². The molecule has 0 aliphatic heterocycles. The first-order valence-corrected chi connectivity index (χ1v) is 12.3. The second-order valence-corrected chi connectivity index (χ2v) is 10.6. The first-order chi connectivity index (χ1) is 15.4. The van der Waals surface area contributed by atoms with Crippen LogP contribution in [0.1, 0.15) is 26.3 Å². The average molecular weight is 495 g/mol. The molecule has 180 valence electrons. The molecule has 0 aliphatic rings. The molecular weight excluding hydrogens is 464 g/mol. The summed E-state index contributed by atoms with van der Waals surface area (Å²) in [4.78, 5) is 27.6. The maximum absolute atomic E-state index is 13.5. The topological polar surface area (TPSA) is 90.0 Å². The van der Waals surface area contributed by atoms with E-state index in [-0.39, 0.29) is 18.5 Å². The third-order valence-electron chi connectivity index (χ3n) is 4.90. The zero-order chi connectivity index (χ0) is 24.8. The van der Waals surface area contributed by atoms with Gasteiger partial charge in [0.05, 0.1) is 5.69 Å². The third kappa shape index (κ3) is 7.18. The Labute approximate surface area is 201 Å². The lowest BCUT2D eigenvalue weighted by Gasteiger charge is -2.33. The van der Waals surface area contributed by atoms with E-state index in [1.165, 1.54) is 19.0 Å². The van der Waals surface area contributed by atoms with Crippen LogP contribution < -0.4 is 9.62 Å². The van der Waals surface area contributed by atoms with E-state index in [1.807, 2.05) is 13.8 Å². The van der Waals surface area contributed by atoms with Gasteiger partial charge in [-0.25, -0.2) is 4.31 Å². The summed E-state index contributed by atoms with van der Waals surface area (Å²) in [7, 11) is -1.17. The molecule has 2 rings (SSSR count). The molecule has 0 aromatic heterocycles. The number of carbonyl (C=O) groups is 2. The molecule has 0 saturated heterocycles. The summed E-state index contributed by atoms with van der Waals surface area (Å²) < 4.78 is 28.1. The Bertz CT molecular complexity index is 1060. The highest BCUT2D eigenvalue weighted by molar-refractivity contribution is 7.90. The SMILES string of the molecule is CC(C)NC(=O)[C@@H](C)N(Cc1cccc(Cl)c1)C(=O)CN(c1ccccc1)S(=O)(=O)N(C)C. The summed E-state index contributed by atoms with van der Waals surface area (Å²) in [6.45, 7) is 4.90. The van der Waals surface area contributed by atoms with E-state index < -0.39 is 28.7 Å². The van der Waals surface area contributed by atoms with Crippen molar-refractivity contribution >= 4 is 39.3 Å². The van der Waals surface area contributed by atoms with Gasteiger partial charge in [0.2, 0.25) is 11.8 Å². The van der Waals surface area contributed by atoms with Crippen molar-refractivity contribution in [2.45, 2.75) is 39.4 Å². The van der Waals surface area contributed by atoms with E-state index in [0.29, 0.717) is 10.7 Å². The number of nitrogens with one attached hydrogen (secondary N) is 1. The van der Waals surface area contributed by atoms with Gasteiger partial charge in [-0.1, -0.05) is 41.9 Å². The minimum absolute atomic E-state index is 0.0940. The van der Waals surface area contributed by atoms with E-state index in [1.54, 1.807) is 61.5 Å². The number of hydrogen-bond acceptors (Lipinski definition) is 4. The van der Waals surface area contributed by atoms with Gasteiger partial charge in [-0.3, -0.25) is 9.59 Å². The first kappa shape index (κ1) is 26.6. The van der Waals surface area contributed by atoms with E-state index >= 15 is 0 Å². The Morgan fingerprint density at radius 2 is 1.64 bits per heavy atom. The molecule has 2 aromatic carbocycles. The Morgan fingerprint density at radius 3 is 2.18 bits per heavy atom. The fourth-order valence-corrected chi connectivity index (χ4v) is 4.40. The van der Waals surface area contributed by atoms with E-state index in [0.717, 1.165) is 14.2 Å². The number of anilines is 1. The molecule has 0 bridgehead atoms. The van der Waals surface area contributed by atoms with Crippen molar-refractivity contribution in [1.29, 1.82) is 0 Å². The molecule has 8 nitrogen and oxygen atoms in total. The second-order valence-electron chi connectivity index (χ2n) is 8.12. The highest BCUT2D eigenvalue weighted by atomic mass is 35.5. The minimum Gasteiger partial charge on any atom is -0.352 e. The molecule has 2 aromatic rings. The quantitative estimate of drug-likeness (QED) is 0.550. The van der Waals surface area contributed by atoms with Gasteiger partial charge in [0.15, 0.2) is 0 Å². The smallest absolute Gasteiger partial charge is 0.304 e.